The minimum atomic E-state index is -0.931. The number of aromatic hydroxyl groups is 1. The van der Waals surface area contributed by atoms with Crippen LogP contribution in [0.3, 0.4) is 0 Å². The molecular formula is C15H15NO4. The number of hydrogen-bond acceptors (Lipinski definition) is 3. The first-order valence-electron chi connectivity index (χ1n) is 6.58. The largest absolute Gasteiger partial charge is 0.506 e. The van der Waals surface area contributed by atoms with Gasteiger partial charge in [-0.15, -0.1) is 0 Å². The predicted octanol–water partition coefficient (Wildman–Crippen LogP) is 1.85. The van der Waals surface area contributed by atoms with Crippen LogP contribution in [-0.2, 0) is 9.59 Å². The van der Waals surface area contributed by atoms with Crippen LogP contribution in [0.25, 0.3) is 0 Å². The van der Waals surface area contributed by atoms with Crippen LogP contribution in [0.4, 0.5) is 5.69 Å². The predicted molar refractivity (Wildman–Crippen MR) is 72.1 cm³/mol. The van der Waals surface area contributed by atoms with Crippen LogP contribution in [-0.4, -0.2) is 22.1 Å². The highest BCUT2D eigenvalue weighted by Crippen LogP contribution is 2.48. The van der Waals surface area contributed by atoms with Crippen molar-refractivity contribution in [2.24, 2.45) is 23.7 Å². The van der Waals surface area contributed by atoms with Gasteiger partial charge in [0.25, 0.3) is 0 Å². The molecule has 1 aromatic rings. The van der Waals surface area contributed by atoms with Crippen LogP contribution < -0.4 is 5.32 Å². The SMILES string of the molecule is O=C(Nc1ccccc1O)[C@@H]1[C@H](C(=O)O)[C@H]2C=C[C@H]1C2. The number of carbonyl (C=O) groups is 2. The molecule has 5 nitrogen and oxygen atoms in total. The topological polar surface area (TPSA) is 86.6 Å². The van der Waals surface area contributed by atoms with Crippen LogP contribution in [0, 0.1) is 23.7 Å². The summed E-state index contributed by atoms with van der Waals surface area (Å²) in [4.78, 5) is 23.7. The number of allylic oxidation sites excluding steroid dienone is 2. The average molecular weight is 273 g/mol. The Bertz CT molecular complexity index is 595. The van der Waals surface area contributed by atoms with Gasteiger partial charge in [0.15, 0.2) is 0 Å². The molecule has 5 heteroatoms. The molecule has 0 spiro atoms. The molecule has 1 fully saturated rings. The number of phenolic OH excluding ortho intramolecular Hbond substituents is 1. The van der Waals surface area contributed by atoms with Gasteiger partial charge in [-0.3, -0.25) is 9.59 Å². The van der Waals surface area contributed by atoms with E-state index in [9.17, 15) is 19.8 Å². The Balaban J connectivity index is 1.82. The molecule has 2 bridgehead atoms. The Morgan fingerprint density at radius 1 is 1.10 bits per heavy atom. The zero-order valence-corrected chi connectivity index (χ0v) is 10.7. The molecule has 0 radical (unpaired) electrons. The van der Waals surface area contributed by atoms with Gasteiger partial charge in [0, 0.05) is 0 Å². The monoisotopic (exact) mass is 273 g/mol. The normalized spacial score (nSPS) is 30.4. The van der Waals surface area contributed by atoms with E-state index in [0.29, 0.717) is 5.69 Å². The lowest BCUT2D eigenvalue weighted by Crippen LogP contribution is -2.36. The van der Waals surface area contributed by atoms with Crippen molar-refractivity contribution in [3.8, 4) is 5.75 Å². The second-order valence-electron chi connectivity index (χ2n) is 5.34. The number of carboxylic acid groups (broad SMARTS) is 1. The van der Waals surface area contributed by atoms with E-state index in [4.69, 9.17) is 0 Å². The molecule has 3 N–H and O–H groups in total. The number of fused-ring (bicyclic) bond motifs is 2. The highest BCUT2D eigenvalue weighted by atomic mass is 16.4. The van der Waals surface area contributed by atoms with Crippen molar-refractivity contribution in [2.75, 3.05) is 5.32 Å². The van der Waals surface area contributed by atoms with E-state index in [0.717, 1.165) is 6.42 Å². The van der Waals surface area contributed by atoms with Crippen molar-refractivity contribution in [1.29, 1.82) is 0 Å². The van der Waals surface area contributed by atoms with E-state index in [1.807, 2.05) is 12.2 Å². The molecule has 2 aliphatic carbocycles. The zero-order chi connectivity index (χ0) is 14.3. The average Bonchev–Trinajstić information content (AvgIpc) is 3.01. The Morgan fingerprint density at radius 3 is 2.40 bits per heavy atom. The van der Waals surface area contributed by atoms with Gasteiger partial charge < -0.3 is 15.5 Å². The highest BCUT2D eigenvalue weighted by molar-refractivity contribution is 5.97. The standard InChI is InChI=1S/C15H15NO4/c17-11-4-2-1-3-10(11)16-14(18)12-8-5-6-9(7-8)13(12)15(19)20/h1-6,8-9,12-13,17H,7H2,(H,16,18)(H,19,20)/t8-,9-,12-,13+/m0/s1. The number of carbonyl (C=O) groups excluding carboxylic acids is 1. The van der Waals surface area contributed by atoms with Crippen LogP contribution >= 0.6 is 0 Å². The number of phenols is 1. The van der Waals surface area contributed by atoms with Gasteiger partial charge in [-0.2, -0.15) is 0 Å². The van der Waals surface area contributed by atoms with E-state index >= 15 is 0 Å². The van der Waals surface area contributed by atoms with Gasteiger partial charge in [-0.1, -0.05) is 24.3 Å². The summed E-state index contributed by atoms with van der Waals surface area (Å²) in [6.45, 7) is 0. The summed E-state index contributed by atoms with van der Waals surface area (Å²) >= 11 is 0. The smallest absolute Gasteiger partial charge is 0.307 e. The number of anilines is 1. The third-order valence-electron chi connectivity index (χ3n) is 4.21. The van der Waals surface area contributed by atoms with E-state index < -0.39 is 17.8 Å². The van der Waals surface area contributed by atoms with Gasteiger partial charge in [0.05, 0.1) is 17.5 Å². The first kappa shape index (κ1) is 12.7. The van der Waals surface area contributed by atoms with Gasteiger partial charge in [0.1, 0.15) is 5.75 Å². The fraction of sp³-hybridized carbons (Fsp3) is 0.333. The molecule has 1 aromatic carbocycles. The van der Waals surface area contributed by atoms with Crippen molar-refractivity contribution in [1.82, 2.24) is 0 Å². The first-order chi connectivity index (χ1) is 9.58. The third-order valence-corrected chi connectivity index (χ3v) is 4.21. The first-order valence-corrected chi connectivity index (χ1v) is 6.58. The van der Waals surface area contributed by atoms with Gasteiger partial charge in [0.2, 0.25) is 5.91 Å². The fourth-order valence-electron chi connectivity index (χ4n) is 3.31. The van der Waals surface area contributed by atoms with Crippen LogP contribution in [0.2, 0.25) is 0 Å². The summed E-state index contributed by atoms with van der Waals surface area (Å²) in [5, 5.41) is 21.6. The molecule has 1 amide bonds. The lowest BCUT2D eigenvalue weighted by Gasteiger charge is -2.24. The molecule has 4 atom stereocenters. The second kappa shape index (κ2) is 4.67. The summed E-state index contributed by atoms with van der Waals surface area (Å²) in [6, 6.07) is 6.42. The fourth-order valence-corrected chi connectivity index (χ4v) is 3.31. The van der Waals surface area contributed by atoms with E-state index in [1.54, 1.807) is 18.2 Å². The summed E-state index contributed by atoms with van der Waals surface area (Å²) in [7, 11) is 0. The molecule has 0 unspecified atom stereocenters. The number of benzene rings is 1. The van der Waals surface area contributed by atoms with Crippen molar-refractivity contribution in [3.63, 3.8) is 0 Å². The maximum Gasteiger partial charge on any atom is 0.307 e. The third kappa shape index (κ3) is 1.95. The highest BCUT2D eigenvalue weighted by Gasteiger charge is 2.51. The van der Waals surface area contributed by atoms with Gasteiger partial charge in [-0.05, 0) is 30.4 Å². The number of nitrogens with one attached hydrogen (secondary N) is 1. The van der Waals surface area contributed by atoms with Crippen molar-refractivity contribution in [3.05, 3.63) is 36.4 Å². The molecule has 104 valence electrons. The van der Waals surface area contributed by atoms with Crippen molar-refractivity contribution >= 4 is 17.6 Å². The Kier molecular flexibility index (Phi) is 2.97. The molecule has 2 aliphatic rings. The van der Waals surface area contributed by atoms with Crippen LogP contribution in [0.15, 0.2) is 36.4 Å². The molecule has 0 aromatic heterocycles. The minimum absolute atomic E-state index is 0.0213. The molecule has 0 saturated heterocycles. The summed E-state index contributed by atoms with van der Waals surface area (Å²) in [6.07, 6.45) is 4.54. The number of rotatable bonds is 3. The van der Waals surface area contributed by atoms with Crippen LogP contribution in [0.1, 0.15) is 6.42 Å². The Morgan fingerprint density at radius 2 is 1.75 bits per heavy atom. The molecule has 20 heavy (non-hydrogen) atoms. The van der Waals surface area contributed by atoms with Crippen LogP contribution in [0.5, 0.6) is 5.75 Å². The maximum absolute atomic E-state index is 12.4. The molecular weight excluding hydrogens is 258 g/mol. The van der Waals surface area contributed by atoms with Gasteiger partial charge in [-0.25, -0.2) is 0 Å². The Labute approximate surface area is 115 Å². The molecule has 1 saturated carbocycles. The van der Waals surface area contributed by atoms with Crippen molar-refractivity contribution < 1.29 is 19.8 Å². The zero-order valence-electron chi connectivity index (χ0n) is 10.7. The van der Waals surface area contributed by atoms with Gasteiger partial charge >= 0.3 is 5.97 Å². The number of para-hydroxylation sites is 2. The molecule has 3 rings (SSSR count). The molecule has 0 aliphatic heterocycles. The lowest BCUT2D eigenvalue weighted by atomic mass is 9.82. The quantitative estimate of drug-likeness (QED) is 0.579. The lowest BCUT2D eigenvalue weighted by molar-refractivity contribution is -0.146. The summed E-state index contributed by atoms with van der Waals surface area (Å²) < 4.78 is 0. The van der Waals surface area contributed by atoms with E-state index in [-0.39, 0.29) is 23.5 Å². The number of aliphatic carboxylic acids is 1. The van der Waals surface area contributed by atoms with Crippen molar-refractivity contribution in [2.45, 2.75) is 6.42 Å². The minimum Gasteiger partial charge on any atom is -0.506 e. The number of carboxylic acids is 1. The van der Waals surface area contributed by atoms with E-state index in [2.05, 4.69) is 5.32 Å². The Hall–Kier alpha value is -2.30. The number of hydrogen-bond donors (Lipinski definition) is 3. The maximum atomic E-state index is 12.4. The summed E-state index contributed by atoms with van der Waals surface area (Å²) in [5.74, 6) is -2.61. The van der Waals surface area contributed by atoms with E-state index in [1.165, 1.54) is 6.07 Å². The molecule has 0 heterocycles. The summed E-state index contributed by atoms with van der Waals surface area (Å²) in [5.41, 5.74) is 0.313. The second-order valence-corrected chi connectivity index (χ2v) is 5.34. The number of amides is 1.